The lowest BCUT2D eigenvalue weighted by Gasteiger charge is -2.21. The second kappa shape index (κ2) is 6.14. The van der Waals surface area contributed by atoms with Crippen molar-refractivity contribution in [3.8, 4) is 0 Å². The lowest BCUT2D eigenvalue weighted by atomic mass is 9.93. The number of benzene rings is 2. The average Bonchev–Trinajstić information content (AvgIpc) is 2.42. The van der Waals surface area contributed by atoms with Crippen molar-refractivity contribution in [2.24, 2.45) is 0 Å². The van der Waals surface area contributed by atoms with Gasteiger partial charge in [-0.15, -0.1) is 0 Å². The smallest absolute Gasteiger partial charge is 0.159 e. The lowest BCUT2D eigenvalue weighted by Crippen LogP contribution is -2.23. The summed E-state index contributed by atoms with van der Waals surface area (Å²) in [5, 5.41) is 3.34. The topological polar surface area (TPSA) is 12.0 Å². The van der Waals surface area contributed by atoms with Gasteiger partial charge >= 0.3 is 0 Å². The monoisotopic (exact) mass is 275 g/mol. The van der Waals surface area contributed by atoms with E-state index < -0.39 is 11.6 Å². The van der Waals surface area contributed by atoms with Crippen LogP contribution in [0, 0.1) is 25.5 Å². The van der Waals surface area contributed by atoms with Gasteiger partial charge in [0, 0.05) is 0 Å². The van der Waals surface area contributed by atoms with Crippen LogP contribution in [0.25, 0.3) is 0 Å². The van der Waals surface area contributed by atoms with Crippen molar-refractivity contribution in [3.05, 3.63) is 70.3 Å². The van der Waals surface area contributed by atoms with Gasteiger partial charge in [0.2, 0.25) is 0 Å². The summed E-state index contributed by atoms with van der Waals surface area (Å²) in [5.74, 6) is -1.62. The minimum atomic E-state index is -0.815. The largest absolute Gasteiger partial charge is 0.307 e. The summed E-state index contributed by atoms with van der Waals surface area (Å²) >= 11 is 0. The first-order valence-electron chi connectivity index (χ1n) is 6.78. The van der Waals surface area contributed by atoms with Gasteiger partial charge in [-0.3, -0.25) is 0 Å². The summed E-state index contributed by atoms with van der Waals surface area (Å²) in [6, 6.07) is 10.1. The van der Waals surface area contributed by atoms with Crippen molar-refractivity contribution in [2.45, 2.75) is 26.8 Å². The molecule has 1 unspecified atom stereocenters. The minimum Gasteiger partial charge on any atom is -0.307 e. The van der Waals surface area contributed by atoms with E-state index in [1.54, 1.807) is 6.07 Å². The Morgan fingerprint density at radius 3 is 2.40 bits per heavy atom. The molecule has 106 valence electrons. The number of hydrogen-bond acceptors (Lipinski definition) is 1. The first kappa shape index (κ1) is 14.7. The van der Waals surface area contributed by atoms with Gasteiger partial charge in [-0.25, -0.2) is 8.78 Å². The Balaban J connectivity index is 2.49. The molecule has 0 saturated heterocycles. The van der Waals surface area contributed by atoms with Gasteiger partial charge in [-0.1, -0.05) is 36.8 Å². The second-order valence-electron chi connectivity index (χ2n) is 5.02. The molecule has 0 aliphatic carbocycles. The van der Waals surface area contributed by atoms with Crippen molar-refractivity contribution in [3.63, 3.8) is 0 Å². The minimum absolute atomic E-state index is 0.130. The van der Waals surface area contributed by atoms with E-state index in [0.717, 1.165) is 28.8 Å². The summed E-state index contributed by atoms with van der Waals surface area (Å²) in [6.45, 7) is 6.80. The summed E-state index contributed by atoms with van der Waals surface area (Å²) in [5.41, 5.74) is 4.11. The quantitative estimate of drug-likeness (QED) is 0.878. The lowest BCUT2D eigenvalue weighted by molar-refractivity contribution is 0.503. The highest BCUT2D eigenvalue weighted by atomic mass is 19.2. The maximum absolute atomic E-state index is 13.5. The van der Waals surface area contributed by atoms with E-state index >= 15 is 0 Å². The molecule has 0 heterocycles. The van der Waals surface area contributed by atoms with E-state index in [1.807, 2.05) is 26.8 Å². The highest BCUT2D eigenvalue weighted by molar-refractivity contribution is 5.39. The van der Waals surface area contributed by atoms with Gasteiger partial charge in [0.25, 0.3) is 0 Å². The molecule has 0 bridgehead atoms. The Bertz CT molecular complexity index is 608. The molecule has 1 nitrogen and oxygen atoms in total. The van der Waals surface area contributed by atoms with Crippen LogP contribution in [0.3, 0.4) is 0 Å². The van der Waals surface area contributed by atoms with Crippen molar-refractivity contribution >= 4 is 0 Å². The van der Waals surface area contributed by atoms with Gasteiger partial charge in [-0.05, 0) is 49.2 Å². The van der Waals surface area contributed by atoms with Crippen LogP contribution in [-0.4, -0.2) is 6.54 Å². The van der Waals surface area contributed by atoms with E-state index in [0.29, 0.717) is 0 Å². The molecule has 0 radical (unpaired) electrons. The van der Waals surface area contributed by atoms with E-state index in [4.69, 9.17) is 0 Å². The van der Waals surface area contributed by atoms with Crippen LogP contribution in [0.1, 0.15) is 35.2 Å². The summed E-state index contributed by atoms with van der Waals surface area (Å²) in [7, 11) is 0. The zero-order valence-electron chi connectivity index (χ0n) is 12.0. The standard InChI is InChI=1S/C17H19F2N/c1-4-20-17(13-7-8-15(18)16(19)10-13)14-9-11(2)5-6-12(14)3/h5-10,17,20H,4H2,1-3H3. The average molecular weight is 275 g/mol. The predicted octanol–water partition coefficient (Wildman–Crippen LogP) is 4.28. The van der Waals surface area contributed by atoms with Crippen molar-refractivity contribution in [1.29, 1.82) is 0 Å². The molecule has 20 heavy (non-hydrogen) atoms. The SMILES string of the molecule is CCNC(c1ccc(F)c(F)c1)c1cc(C)ccc1C. The molecule has 0 aliphatic heterocycles. The first-order chi connectivity index (χ1) is 9.52. The van der Waals surface area contributed by atoms with Crippen LogP contribution in [-0.2, 0) is 0 Å². The molecular weight excluding hydrogens is 256 g/mol. The Hall–Kier alpha value is -1.74. The van der Waals surface area contributed by atoms with E-state index in [2.05, 4.69) is 17.4 Å². The maximum atomic E-state index is 13.5. The fourth-order valence-electron chi connectivity index (χ4n) is 2.37. The third kappa shape index (κ3) is 3.05. The van der Waals surface area contributed by atoms with E-state index in [-0.39, 0.29) is 6.04 Å². The Morgan fingerprint density at radius 1 is 1.00 bits per heavy atom. The molecule has 2 aromatic carbocycles. The highest BCUT2D eigenvalue weighted by Gasteiger charge is 2.17. The fourth-order valence-corrected chi connectivity index (χ4v) is 2.37. The van der Waals surface area contributed by atoms with E-state index in [9.17, 15) is 8.78 Å². The molecule has 0 fully saturated rings. The Morgan fingerprint density at radius 2 is 1.75 bits per heavy atom. The molecule has 0 spiro atoms. The molecule has 0 aliphatic rings. The molecule has 2 aromatic rings. The third-order valence-electron chi connectivity index (χ3n) is 3.43. The van der Waals surface area contributed by atoms with Gasteiger partial charge < -0.3 is 5.32 Å². The van der Waals surface area contributed by atoms with E-state index in [1.165, 1.54) is 12.1 Å². The van der Waals surface area contributed by atoms with Gasteiger partial charge in [0.05, 0.1) is 6.04 Å². The fraction of sp³-hybridized carbons (Fsp3) is 0.294. The molecular formula is C17H19F2N. The summed E-state index contributed by atoms with van der Waals surface area (Å²) in [4.78, 5) is 0. The number of hydrogen-bond donors (Lipinski definition) is 1. The zero-order chi connectivity index (χ0) is 14.7. The van der Waals surface area contributed by atoms with Crippen LogP contribution in [0.5, 0.6) is 0 Å². The molecule has 2 rings (SSSR count). The van der Waals surface area contributed by atoms with Crippen LogP contribution < -0.4 is 5.32 Å². The summed E-state index contributed by atoms with van der Waals surface area (Å²) in [6.07, 6.45) is 0. The molecule has 0 amide bonds. The molecule has 3 heteroatoms. The second-order valence-corrected chi connectivity index (χ2v) is 5.02. The highest BCUT2D eigenvalue weighted by Crippen LogP contribution is 2.27. The van der Waals surface area contributed by atoms with Crippen LogP contribution >= 0.6 is 0 Å². The molecule has 0 saturated carbocycles. The van der Waals surface area contributed by atoms with Crippen LogP contribution in [0.4, 0.5) is 8.78 Å². The first-order valence-corrected chi connectivity index (χ1v) is 6.78. The van der Waals surface area contributed by atoms with Gasteiger partial charge in [0.15, 0.2) is 11.6 Å². The van der Waals surface area contributed by atoms with Gasteiger partial charge in [-0.2, -0.15) is 0 Å². The maximum Gasteiger partial charge on any atom is 0.159 e. The zero-order valence-corrected chi connectivity index (χ0v) is 12.0. The van der Waals surface area contributed by atoms with Crippen molar-refractivity contribution in [1.82, 2.24) is 5.32 Å². The molecule has 0 aromatic heterocycles. The van der Waals surface area contributed by atoms with Crippen LogP contribution in [0.15, 0.2) is 36.4 Å². The summed E-state index contributed by atoms with van der Waals surface area (Å²) < 4.78 is 26.6. The third-order valence-corrected chi connectivity index (χ3v) is 3.43. The number of rotatable bonds is 4. The normalized spacial score (nSPS) is 12.4. The number of halogens is 2. The molecule has 1 N–H and O–H groups in total. The van der Waals surface area contributed by atoms with Crippen molar-refractivity contribution in [2.75, 3.05) is 6.54 Å². The Kier molecular flexibility index (Phi) is 4.50. The number of aryl methyl sites for hydroxylation is 2. The molecule has 1 atom stereocenters. The predicted molar refractivity (Wildman–Crippen MR) is 77.8 cm³/mol. The van der Waals surface area contributed by atoms with Gasteiger partial charge in [0.1, 0.15) is 0 Å². The Labute approximate surface area is 118 Å². The van der Waals surface area contributed by atoms with Crippen molar-refractivity contribution < 1.29 is 8.78 Å². The number of nitrogens with one attached hydrogen (secondary N) is 1. The van der Waals surface area contributed by atoms with Crippen LogP contribution in [0.2, 0.25) is 0 Å².